The summed E-state index contributed by atoms with van der Waals surface area (Å²) in [6, 6.07) is 9.60. The van der Waals surface area contributed by atoms with Gasteiger partial charge in [0.2, 0.25) is 0 Å². The average molecular weight is 304 g/mol. The fourth-order valence-corrected chi connectivity index (χ4v) is 4.35. The minimum absolute atomic E-state index is 0.295. The van der Waals surface area contributed by atoms with Crippen LogP contribution in [0.5, 0.6) is 0 Å². The van der Waals surface area contributed by atoms with Crippen molar-refractivity contribution in [3.63, 3.8) is 0 Å². The van der Waals surface area contributed by atoms with Gasteiger partial charge in [-0.15, -0.1) is 4.72 Å². The molecule has 21 heavy (non-hydrogen) atoms. The van der Waals surface area contributed by atoms with Crippen molar-refractivity contribution in [2.24, 2.45) is 17.8 Å². The van der Waals surface area contributed by atoms with Crippen LogP contribution < -0.4 is 4.72 Å². The molecular weight excluding hydrogens is 280 g/mol. The first-order valence-corrected chi connectivity index (χ1v) is 8.78. The molecule has 114 valence electrons. The molecule has 1 N–H and O–H groups in total. The van der Waals surface area contributed by atoms with Gasteiger partial charge in [0, 0.05) is 0 Å². The fourth-order valence-electron chi connectivity index (χ4n) is 3.35. The summed E-state index contributed by atoms with van der Waals surface area (Å²) in [5, 5.41) is 9.44. The molecule has 0 saturated heterocycles. The molecule has 0 spiro atoms. The highest BCUT2D eigenvalue weighted by Gasteiger charge is 2.32. The van der Waals surface area contributed by atoms with Gasteiger partial charge in [0.1, 0.15) is 6.04 Å². The minimum Gasteiger partial charge on any atom is -0.593 e. The molecule has 0 aliphatic heterocycles. The first kappa shape index (κ1) is 16.4. The lowest BCUT2D eigenvalue weighted by atomic mass is 9.74. The molecule has 0 radical (unpaired) electrons. The maximum atomic E-state index is 12.4. The molecule has 1 aliphatic carbocycles. The largest absolute Gasteiger partial charge is 0.593 e. The smallest absolute Gasteiger partial charge is 0.173 e. The van der Waals surface area contributed by atoms with E-state index in [-0.39, 0.29) is 6.04 Å². The van der Waals surface area contributed by atoms with Crippen molar-refractivity contribution in [2.75, 3.05) is 0 Å². The Bertz CT molecular complexity index is 487. The Hall–Kier alpha value is -1.02. The van der Waals surface area contributed by atoms with Crippen LogP contribution in [-0.2, 0) is 11.4 Å². The van der Waals surface area contributed by atoms with Gasteiger partial charge in [0.05, 0.1) is 17.4 Å². The second kappa shape index (κ2) is 7.31. The highest BCUT2D eigenvalue weighted by atomic mass is 32.2. The summed E-state index contributed by atoms with van der Waals surface area (Å²) in [6.45, 7) is 6.49. The number of benzene rings is 1. The summed E-state index contributed by atoms with van der Waals surface area (Å²) in [6.07, 6.45) is 3.32. The van der Waals surface area contributed by atoms with Crippen LogP contribution in [0.4, 0.5) is 0 Å². The van der Waals surface area contributed by atoms with E-state index in [4.69, 9.17) is 0 Å². The van der Waals surface area contributed by atoms with Crippen molar-refractivity contribution < 1.29 is 4.55 Å². The molecular formula is C17H24N2OS. The zero-order chi connectivity index (χ0) is 15.4. The predicted octanol–water partition coefficient (Wildman–Crippen LogP) is 3.57. The van der Waals surface area contributed by atoms with Crippen LogP contribution in [0.25, 0.3) is 0 Å². The molecule has 0 heterocycles. The third-order valence-electron chi connectivity index (χ3n) is 4.29. The first-order valence-electron chi connectivity index (χ1n) is 7.63. The van der Waals surface area contributed by atoms with Gasteiger partial charge in [-0.05, 0) is 56.1 Å². The normalized spacial score (nSPS) is 28.6. The number of hydrogen-bond acceptors (Lipinski definition) is 3. The van der Waals surface area contributed by atoms with Crippen LogP contribution in [0.1, 0.15) is 38.7 Å². The number of nitriles is 1. The van der Waals surface area contributed by atoms with E-state index in [1.165, 1.54) is 6.42 Å². The van der Waals surface area contributed by atoms with Gasteiger partial charge in [-0.3, -0.25) is 0 Å². The summed E-state index contributed by atoms with van der Waals surface area (Å²) >= 11 is -1.32. The zero-order valence-corrected chi connectivity index (χ0v) is 13.8. The molecule has 0 bridgehead atoms. The molecule has 1 unspecified atom stereocenters. The summed E-state index contributed by atoms with van der Waals surface area (Å²) in [4.78, 5) is 0.734. The number of nitrogens with zero attached hydrogens (tertiary/aromatic N) is 1. The lowest BCUT2D eigenvalue weighted by Crippen LogP contribution is -2.41. The molecule has 3 nitrogen and oxygen atoms in total. The molecule has 1 fully saturated rings. The van der Waals surface area contributed by atoms with Crippen molar-refractivity contribution in [3.8, 4) is 6.07 Å². The van der Waals surface area contributed by atoms with E-state index < -0.39 is 11.4 Å². The van der Waals surface area contributed by atoms with Crippen molar-refractivity contribution in [2.45, 2.75) is 51.0 Å². The van der Waals surface area contributed by atoms with Crippen molar-refractivity contribution in [1.29, 1.82) is 5.26 Å². The van der Waals surface area contributed by atoms with Crippen LogP contribution >= 0.6 is 0 Å². The van der Waals surface area contributed by atoms with Gasteiger partial charge >= 0.3 is 0 Å². The molecule has 0 aromatic heterocycles. The number of nitrogens with one attached hydrogen (secondary N) is 1. The predicted molar refractivity (Wildman–Crippen MR) is 85.8 cm³/mol. The Morgan fingerprint density at radius 2 is 1.76 bits per heavy atom. The standard InChI is InChI=1S/C17H24N2OS/c1-12-4-6-16(7-5-12)21(20)19-17(11-18)15-9-13(2)8-14(3)10-15/h4-7,13-15,17,19H,8-10H2,1-3H3/t13-,14+,15-,17-,21?/m1/s1. The monoisotopic (exact) mass is 304 g/mol. The molecule has 1 aromatic carbocycles. The molecule has 1 aliphatic rings. The summed E-state index contributed by atoms with van der Waals surface area (Å²) < 4.78 is 15.4. The number of rotatable bonds is 4. The van der Waals surface area contributed by atoms with E-state index in [1.54, 1.807) is 0 Å². The number of aryl methyl sites for hydroxylation is 1. The highest BCUT2D eigenvalue weighted by molar-refractivity contribution is 7.89. The Balaban J connectivity index is 2.01. The molecule has 2 rings (SSSR count). The Morgan fingerprint density at radius 1 is 1.19 bits per heavy atom. The average Bonchev–Trinajstić information content (AvgIpc) is 2.44. The molecule has 1 aromatic rings. The SMILES string of the molecule is Cc1ccc([S+]([O-])N[C@H](C#N)[C@@H]2C[C@H](C)C[C@H](C)C2)cc1. The maximum absolute atomic E-state index is 12.4. The van der Waals surface area contributed by atoms with Gasteiger partial charge in [-0.2, -0.15) is 5.26 Å². The first-order chi connectivity index (χ1) is 9.99. The minimum atomic E-state index is -1.32. The third-order valence-corrected chi connectivity index (χ3v) is 5.46. The van der Waals surface area contributed by atoms with Gasteiger partial charge < -0.3 is 4.55 Å². The van der Waals surface area contributed by atoms with Gasteiger partial charge in [-0.1, -0.05) is 31.5 Å². The molecule has 0 amide bonds. The van der Waals surface area contributed by atoms with E-state index in [2.05, 4.69) is 24.6 Å². The van der Waals surface area contributed by atoms with E-state index in [0.29, 0.717) is 17.8 Å². The van der Waals surface area contributed by atoms with Crippen LogP contribution in [-0.4, -0.2) is 10.6 Å². The topological polar surface area (TPSA) is 58.9 Å². The zero-order valence-electron chi connectivity index (χ0n) is 13.0. The van der Waals surface area contributed by atoms with E-state index in [0.717, 1.165) is 23.3 Å². The summed E-state index contributed by atoms with van der Waals surface area (Å²) in [7, 11) is 0. The van der Waals surface area contributed by atoms with E-state index in [9.17, 15) is 9.81 Å². The second-order valence-electron chi connectivity index (χ2n) is 6.48. The van der Waals surface area contributed by atoms with Crippen LogP contribution in [0, 0.1) is 36.0 Å². The molecule has 5 atom stereocenters. The summed E-state index contributed by atoms with van der Waals surface area (Å²) in [5.74, 6) is 1.58. The fraction of sp³-hybridized carbons (Fsp3) is 0.588. The quantitative estimate of drug-likeness (QED) is 0.865. The Labute approximate surface area is 131 Å². The lowest BCUT2D eigenvalue weighted by molar-refractivity contribution is 0.203. The van der Waals surface area contributed by atoms with Crippen LogP contribution in [0.2, 0.25) is 0 Å². The molecule has 1 saturated carbocycles. The van der Waals surface area contributed by atoms with Crippen LogP contribution in [0.15, 0.2) is 29.2 Å². The van der Waals surface area contributed by atoms with Gasteiger partial charge in [0.15, 0.2) is 4.90 Å². The number of hydrogen-bond donors (Lipinski definition) is 1. The van der Waals surface area contributed by atoms with Gasteiger partial charge in [0.25, 0.3) is 0 Å². The Morgan fingerprint density at radius 3 is 2.29 bits per heavy atom. The van der Waals surface area contributed by atoms with Gasteiger partial charge in [-0.25, -0.2) is 0 Å². The highest BCUT2D eigenvalue weighted by Crippen LogP contribution is 2.34. The Kier molecular flexibility index (Phi) is 5.69. The van der Waals surface area contributed by atoms with Crippen molar-refractivity contribution >= 4 is 11.4 Å². The third kappa shape index (κ3) is 4.47. The lowest BCUT2D eigenvalue weighted by Gasteiger charge is -2.33. The van der Waals surface area contributed by atoms with E-state index in [1.807, 2.05) is 31.2 Å². The molecule has 4 heteroatoms. The second-order valence-corrected chi connectivity index (χ2v) is 7.73. The summed E-state index contributed by atoms with van der Waals surface area (Å²) in [5.41, 5.74) is 1.14. The van der Waals surface area contributed by atoms with Crippen molar-refractivity contribution in [3.05, 3.63) is 29.8 Å². The van der Waals surface area contributed by atoms with E-state index >= 15 is 0 Å². The van der Waals surface area contributed by atoms with Crippen molar-refractivity contribution in [1.82, 2.24) is 4.72 Å². The van der Waals surface area contributed by atoms with Crippen LogP contribution in [0.3, 0.4) is 0 Å². The maximum Gasteiger partial charge on any atom is 0.173 e.